The first-order valence-electron chi connectivity index (χ1n) is 7.54. The molecule has 6 nitrogen and oxygen atoms in total. The number of ether oxygens (including phenoxy) is 1. The molecule has 0 aromatic heterocycles. The number of allylic oxidation sites excluding steroid dienone is 1. The van der Waals surface area contributed by atoms with Crippen LogP contribution >= 0.6 is 11.6 Å². The average molecular weight is 364 g/mol. The number of hydrogen-bond acceptors (Lipinski definition) is 5. The Morgan fingerprint density at radius 2 is 2.04 bits per heavy atom. The fourth-order valence-corrected chi connectivity index (χ4v) is 3.16. The summed E-state index contributed by atoms with van der Waals surface area (Å²) >= 11 is 6.28. The number of carboxylic acid groups (broad SMARTS) is 1. The molecule has 1 aromatic rings. The lowest BCUT2D eigenvalue weighted by molar-refractivity contribution is -0.140. The van der Waals surface area contributed by atoms with Crippen molar-refractivity contribution in [3.8, 4) is 0 Å². The monoisotopic (exact) mass is 363 g/mol. The van der Waals surface area contributed by atoms with Crippen molar-refractivity contribution in [3.63, 3.8) is 0 Å². The molecule has 0 saturated heterocycles. The predicted molar refractivity (Wildman–Crippen MR) is 93.7 cm³/mol. The second-order valence-electron chi connectivity index (χ2n) is 5.44. The Labute approximate surface area is 150 Å². The van der Waals surface area contributed by atoms with Crippen molar-refractivity contribution in [2.45, 2.75) is 12.8 Å². The van der Waals surface area contributed by atoms with Gasteiger partial charge in [-0.1, -0.05) is 35.9 Å². The third-order valence-electron chi connectivity index (χ3n) is 3.96. The Morgan fingerprint density at radius 1 is 1.36 bits per heavy atom. The molecule has 0 aliphatic carbocycles. The number of aliphatic hydroxyl groups excluding tert-OH is 1. The third kappa shape index (κ3) is 3.81. The summed E-state index contributed by atoms with van der Waals surface area (Å²) in [6, 6.07) is 6.76. The van der Waals surface area contributed by atoms with Crippen LogP contribution in [0, 0.1) is 5.92 Å². The predicted octanol–water partition coefficient (Wildman–Crippen LogP) is 2.57. The van der Waals surface area contributed by atoms with Gasteiger partial charge in [0.05, 0.1) is 25.0 Å². The molecule has 0 saturated carbocycles. The number of aliphatic carboxylic acids is 1. The standard InChI is InChI=1S/C18H18ClNO5/c1-10-14(17(22)23)15(11-6-3-4-7-12(11)19)16(18(24)25-2)13(20-10)8-5-9-21/h3-8,14-15,21H,9H2,1-2H3,(H,22,23). The summed E-state index contributed by atoms with van der Waals surface area (Å²) < 4.78 is 4.86. The van der Waals surface area contributed by atoms with E-state index in [1.54, 1.807) is 31.2 Å². The summed E-state index contributed by atoms with van der Waals surface area (Å²) in [5.41, 5.74) is 1.18. The summed E-state index contributed by atoms with van der Waals surface area (Å²) in [5, 5.41) is 19.1. The van der Waals surface area contributed by atoms with E-state index in [0.717, 1.165) is 0 Å². The minimum Gasteiger partial charge on any atom is -0.481 e. The van der Waals surface area contributed by atoms with Crippen LogP contribution in [-0.4, -0.2) is 41.6 Å². The third-order valence-corrected chi connectivity index (χ3v) is 4.30. The van der Waals surface area contributed by atoms with E-state index >= 15 is 0 Å². The van der Waals surface area contributed by atoms with Gasteiger partial charge in [0.2, 0.25) is 0 Å². The zero-order valence-electron chi connectivity index (χ0n) is 13.8. The van der Waals surface area contributed by atoms with Crippen LogP contribution in [-0.2, 0) is 14.3 Å². The molecular formula is C18H18ClNO5. The van der Waals surface area contributed by atoms with Crippen LogP contribution in [0.5, 0.6) is 0 Å². The van der Waals surface area contributed by atoms with Gasteiger partial charge in [0.15, 0.2) is 0 Å². The molecule has 7 heteroatoms. The van der Waals surface area contributed by atoms with Gasteiger partial charge >= 0.3 is 11.9 Å². The van der Waals surface area contributed by atoms with E-state index in [0.29, 0.717) is 16.3 Å². The van der Waals surface area contributed by atoms with Crippen molar-refractivity contribution in [1.29, 1.82) is 0 Å². The maximum atomic E-state index is 12.4. The lowest BCUT2D eigenvalue weighted by atomic mass is 9.75. The highest BCUT2D eigenvalue weighted by Gasteiger charge is 2.42. The van der Waals surface area contributed by atoms with Gasteiger partial charge in [-0.3, -0.25) is 9.79 Å². The molecule has 2 unspecified atom stereocenters. The van der Waals surface area contributed by atoms with E-state index in [1.807, 2.05) is 0 Å². The SMILES string of the molecule is COC(=O)C1=C(C=CCO)N=C(C)C(C(=O)O)C1c1ccccc1Cl. The first kappa shape index (κ1) is 18.9. The van der Waals surface area contributed by atoms with E-state index in [2.05, 4.69) is 4.99 Å². The number of benzene rings is 1. The zero-order chi connectivity index (χ0) is 18.6. The Kier molecular flexibility index (Phi) is 6.12. The molecule has 2 N–H and O–H groups in total. The number of methoxy groups -OCH3 is 1. The van der Waals surface area contributed by atoms with Crippen molar-refractivity contribution in [2.24, 2.45) is 10.9 Å². The van der Waals surface area contributed by atoms with Crippen molar-refractivity contribution in [1.82, 2.24) is 0 Å². The summed E-state index contributed by atoms with van der Waals surface area (Å²) in [4.78, 5) is 28.6. The highest BCUT2D eigenvalue weighted by molar-refractivity contribution is 6.31. The lowest BCUT2D eigenvalue weighted by Crippen LogP contribution is -2.35. The Hall–Kier alpha value is -2.44. The number of carboxylic acids is 1. The maximum Gasteiger partial charge on any atom is 0.336 e. The molecule has 0 amide bonds. The second-order valence-corrected chi connectivity index (χ2v) is 5.85. The quantitative estimate of drug-likeness (QED) is 0.784. The van der Waals surface area contributed by atoms with Gasteiger partial charge < -0.3 is 14.9 Å². The number of rotatable bonds is 5. The summed E-state index contributed by atoms with van der Waals surface area (Å²) in [5.74, 6) is -3.71. The number of esters is 1. The van der Waals surface area contributed by atoms with Crippen LogP contribution in [0.2, 0.25) is 5.02 Å². The van der Waals surface area contributed by atoms with Crippen molar-refractivity contribution in [3.05, 3.63) is 58.3 Å². The van der Waals surface area contributed by atoms with Gasteiger partial charge in [0.1, 0.15) is 5.92 Å². The first-order valence-corrected chi connectivity index (χ1v) is 7.92. The van der Waals surface area contributed by atoms with Gasteiger partial charge in [-0.25, -0.2) is 4.79 Å². The van der Waals surface area contributed by atoms with Crippen LogP contribution in [0.4, 0.5) is 0 Å². The van der Waals surface area contributed by atoms with Gasteiger partial charge in [-0.15, -0.1) is 0 Å². The summed E-state index contributed by atoms with van der Waals surface area (Å²) in [6.45, 7) is 1.34. The Morgan fingerprint density at radius 3 is 2.60 bits per heavy atom. The largest absolute Gasteiger partial charge is 0.481 e. The highest BCUT2D eigenvalue weighted by Crippen LogP contribution is 2.42. The second kappa shape index (κ2) is 8.09. The maximum absolute atomic E-state index is 12.4. The zero-order valence-corrected chi connectivity index (χ0v) is 14.5. The van der Waals surface area contributed by atoms with Crippen molar-refractivity contribution >= 4 is 29.3 Å². The highest BCUT2D eigenvalue weighted by atomic mass is 35.5. The van der Waals surface area contributed by atoms with Gasteiger partial charge in [0.25, 0.3) is 0 Å². The number of nitrogens with zero attached hydrogens (tertiary/aromatic N) is 1. The molecule has 0 bridgehead atoms. The molecular weight excluding hydrogens is 346 g/mol. The Balaban J connectivity index is 2.78. The smallest absolute Gasteiger partial charge is 0.336 e. The first-order chi connectivity index (χ1) is 11.9. The topological polar surface area (TPSA) is 96.2 Å². The number of aliphatic hydroxyl groups is 1. The average Bonchev–Trinajstić information content (AvgIpc) is 2.58. The normalized spacial score (nSPS) is 20.6. The molecule has 0 radical (unpaired) electrons. The van der Waals surface area contributed by atoms with Gasteiger partial charge in [-0.05, 0) is 24.6 Å². The fourth-order valence-electron chi connectivity index (χ4n) is 2.90. The molecule has 0 fully saturated rings. The van der Waals surface area contributed by atoms with Crippen LogP contribution in [0.15, 0.2) is 52.7 Å². The number of halogens is 1. The molecule has 132 valence electrons. The summed E-state index contributed by atoms with van der Waals surface area (Å²) in [6.07, 6.45) is 2.89. The molecule has 0 spiro atoms. The van der Waals surface area contributed by atoms with E-state index in [-0.39, 0.29) is 17.9 Å². The summed E-state index contributed by atoms with van der Waals surface area (Å²) in [7, 11) is 1.22. The minimum atomic E-state index is -1.11. The molecule has 1 aliphatic rings. The number of hydrogen-bond donors (Lipinski definition) is 2. The van der Waals surface area contributed by atoms with Crippen LogP contribution < -0.4 is 0 Å². The van der Waals surface area contributed by atoms with E-state index < -0.39 is 23.8 Å². The van der Waals surface area contributed by atoms with Crippen LogP contribution in [0.1, 0.15) is 18.4 Å². The number of aliphatic imine (C=N–C) groups is 1. The van der Waals surface area contributed by atoms with Crippen molar-refractivity contribution in [2.75, 3.05) is 13.7 Å². The number of carbonyl (C=O) groups excluding carboxylic acids is 1. The van der Waals surface area contributed by atoms with E-state index in [1.165, 1.54) is 19.3 Å². The molecule has 25 heavy (non-hydrogen) atoms. The molecule has 1 aromatic carbocycles. The fraction of sp³-hybridized carbons (Fsp3) is 0.278. The minimum absolute atomic E-state index is 0.0956. The van der Waals surface area contributed by atoms with Gasteiger partial charge in [0, 0.05) is 16.7 Å². The molecule has 2 rings (SSSR count). The van der Waals surface area contributed by atoms with Gasteiger partial charge in [-0.2, -0.15) is 0 Å². The van der Waals surface area contributed by atoms with Crippen LogP contribution in [0.3, 0.4) is 0 Å². The molecule has 1 aliphatic heterocycles. The van der Waals surface area contributed by atoms with Crippen LogP contribution in [0.25, 0.3) is 0 Å². The molecule has 2 atom stereocenters. The molecule has 1 heterocycles. The van der Waals surface area contributed by atoms with Crippen molar-refractivity contribution < 1.29 is 24.5 Å². The Bertz CT molecular complexity index is 781. The number of carbonyl (C=O) groups is 2. The van der Waals surface area contributed by atoms with E-state index in [9.17, 15) is 14.7 Å². The van der Waals surface area contributed by atoms with E-state index in [4.69, 9.17) is 21.4 Å². The lowest BCUT2D eigenvalue weighted by Gasteiger charge is -2.30.